The monoisotopic (exact) mass is 203 g/mol. The molecule has 0 amide bonds. The molecule has 0 saturated heterocycles. The molecule has 1 aromatic heterocycles. The average Bonchev–Trinajstić information content (AvgIpc) is 2.66. The highest BCUT2D eigenvalue weighted by molar-refractivity contribution is 6.00. The normalized spacial score (nSPS) is 22.1. The van der Waals surface area contributed by atoms with Crippen LogP contribution in [0.15, 0.2) is 6.07 Å². The molecular weight excluding hydrogens is 186 g/mol. The molecule has 3 heteroatoms. The van der Waals surface area contributed by atoms with Crippen molar-refractivity contribution in [3.05, 3.63) is 23.0 Å². The lowest BCUT2D eigenvalue weighted by molar-refractivity contribution is 0.353. The van der Waals surface area contributed by atoms with Gasteiger partial charge < -0.3 is 9.47 Å². The quantitative estimate of drug-likeness (QED) is 0.685. The summed E-state index contributed by atoms with van der Waals surface area (Å²) in [5.41, 5.74) is 4.32. The summed E-state index contributed by atoms with van der Waals surface area (Å²) in [4.78, 5) is 2.02. The van der Waals surface area contributed by atoms with Gasteiger partial charge in [-0.05, 0) is 17.9 Å². The molecule has 2 aliphatic heterocycles. The van der Waals surface area contributed by atoms with E-state index < -0.39 is 0 Å². The van der Waals surface area contributed by atoms with E-state index in [1.165, 1.54) is 11.4 Å². The summed E-state index contributed by atoms with van der Waals surface area (Å²) in [5.74, 6) is 0.685. The first-order chi connectivity index (χ1) is 6.98. The summed E-state index contributed by atoms with van der Waals surface area (Å²) < 4.78 is 2.42. The second-order valence-corrected chi connectivity index (χ2v) is 5.63. The van der Waals surface area contributed by atoms with E-state index in [4.69, 9.17) is 5.41 Å². The van der Waals surface area contributed by atoms with Crippen molar-refractivity contribution < 1.29 is 0 Å². The van der Waals surface area contributed by atoms with E-state index in [2.05, 4.69) is 24.5 Å². The second kappa shape index (κ2) is 2.46. The van der Waals surface area contributed by atoms with E-state index in [-0.39, 0.29) is 0 Å². The lowest BCUT2D eigenvalue weighted by atomic mass is 9.91. The van der Waals surface area contributed by atoms with Gasteiger partial charge in [0, 0.05) is 30.5 Å². The van der Waals surface area contributed by atoms with Crippen molar-refractivity contribution in [3.8, 4) is 0 Å². The van der Waals surface area contributed by atoms with Crippen LogP contribution in [0.5, 0.6) is 0 Å². The lowest BCUT2D eigenvalue weighted by Crippen LogP contribution is -2.18. The summed E-state index contributed by atoms with van der Waals surface area (Å²) in [7, 11) is 2.00. The van der Waals surface area contributed by atoms with Crippen LogP contribution in [0.4, 0.5) is 0 Å². The fraction of sp³-hybridized carbons (Fsp3) is 0.583. The van der Waals surface area contributed by atoms with E-state index in [0.717, 1.165) is 25.1 Å². The van der Waals surface area contributed by atoms with E-state index in [9.17, 15) is 0 Å². The Hall–Kier alpha value is -1.25. The highest BCUT2D eigenvalue weighted by atomic mass is 15.2. The van der Waals surface area contributed by atoms with E-state index in [1.807, 2.05) is 11.9 Å². The maximum absolute atomic E-state index is 7.96. The Labute approximate surface area is 90.2 Å². The largest absolute Gasteiger partial charge is 0.354 e. The second-order valence-electron chi connectivity index (χ2n) is 5.63. The fourth-order valence-corrected chi connectivity index (χ4v) is 2.85. The standard InChI is InChI=1S/C12H17N3/c1-12(2)5-8-4-9-10(15(8)7-12)6-14(3)11(9)13/h4,13H,5-7H2,1-3H3. The SMILES string of the molecule is CN1Cc2c(cc3n2CC(C)(C)C3)C1=N. The summed E-state index contributed by atoms with van der Waals surface area (Å²) in [6.07, 6.45) is 1.15. The molecule has 15 heavy (non-hydrogen) atoms. The third-order valence-electron chi connectivity index (χ3n) is 3.56. The Morgan fingerprint density at radius 2 is 2.13 bits per heavy atom. The first-order valence-electron chi connectivity index (χ1n) is 5.49. The Kier molecular flexibility index (Phi) is 1.48. The molecule has 3 nitrogen and oxygen atoms in total. The lowest BCUT2D eigenvalue weighted by Gasteiger charge is -2.16. The number of hydrogen-bond donors (Lipinski definition) is 1. The number of amidine groups is 1. The van der Waals surface area contributed by atoms with Gasteiger partial charge in [-0.2, -0.15) is 0 Å². The first kappa shape index (κ1) is 9.01. The van der Waals surface area contributed by atoms with Crippen molar-refractivity contribution in [2.24, 2.45) is 5.41 Å². The topological polar surface area (TPSA) is 32.0 Å². The van der Waals surface area contributed by atoms with Crippen molar-refractivity contribution >= 4 is 5.84 Å². The van der Waals surface area contributed by atoms with Gasteiger partial charge in [-0.1, -0.05) is 13.8 Å². The third kappa shape index (κ3) is 1.09. The number of fused-ring (bicyclic) bond motifs is 3. The van der Waals surface area contributed by atoms with E-state index in [1.54, 1.807) is 0 Å². The summed E-state index contributed by atoms with van der Waals surface area (Å²) in [5, 5.41) is 7.96. The summed E-state index contributed by atoms with van der Waals surface area (Å²) >= 11 is 0. The molecule has 1 N–H and O–H groups in total. The zero-order valence-corrected chi connectivity index (χ0v) is 9.59. The minimum Gasteiger partial charge on any atom is -0.354 e. The fourth-order valence-electron chi connectivity index (χ4n) is 2.85. The highest BCUT2D eigenvalue weighted by Gasteiger charge is 2.35. The minimum atomic E-state index is 0.397. The summed E-state index contributed by atoms with van der Waals surface area (Å²) in [6.45, 7) is 6.65. The molecule has 3 heterocycles. The predicted octanol–water partition coefficient (Wildman–Crippen LogP) is 1.84. The van der Waals surface area contributed by atoms with Crippen LogP contribution in [0, 0.1) is 10.8 Å². The first-order valence-corrected chi connectivity index (χ1v) is 5.49. The summed E-state index contributed by atoms with van der Waals surface area (Å²) in [6, 6.07) is 2.22. The Bertz CT molecular complexity index is 454. The molecule has 0 aromatic carbocycles. The molecule has 0 unspecified atom stereocenters. The number of aromatic nitrogens is 1. The molecule has 0 fully saturated rings. The van der Waals surface area contributed by atoms with Gasteiger partial charge in [0.05, 0.1) is 6.54 Å². The number of hydrogen-bond acceptors (Lipinski definition) is 1. The van der Waals surface area contributed by atoms with Crippen LogP contribution in [0.2, 0.25) is 0 Å². The van der Waals surface area contributed by atoms with Crippen molar-refractivity contribution in [2.45, 2.75) is 33.4 Å². The van der Waals surface area contributed by atoms with Gasteiger partial charge in [0.2, 0.25) is 0 Å². The molecule has 1 aromatic rings. The van der Waals surface area contributed by atoms with Gasteiger partial charge in [-0.15, -0.1) is 0 Å². The zero-order valence-electron chi connectivity index (χ0n) is 9.59. The highest BCUT2D eigenvalue weighted by Crippen LogP contribution is 2.37. The van der Waals surface area contributed by atoms with Crippen LogP contribution in [0.25, 0.3) is 0 Å². The smallest absolute Gasteiger partial charge is 0.130 e. The Balaban J connectivity index is 2.09. The predicted molar refractivity (Wildman–Crippen MR) is 60.2 cm³/mol. The van der Waals surface area contributed by atoms with Crippen LogP contribution in [-0.4, -0.2) is 22.4 Å². The Morgan fingerprint density at radius 1 is 1.40 bits per heavy atom. The van der Waals surface area contributed by atoms with Crippen LogP contribution in [0.1, 0.15) is 30.8 Å². The molecule has 0 spiro atoms. The van der Waals surface area contributed by atoms with Crippen molar-refractivity contribution in [1.82, 2.24) is 9.47 Å². The van der Waals surface area contributed by atoms with Gasteiger partial charge in [0.1, 0.15) is 5.84 Å². The number of nitrogens with zero attached hydrogens (tertiary/aromatic N) is 2. The van der Waals surface area contributed by atoms with Crippen LogP contribution in [-0.2, 0) is 19.5 Å². The van der Waals surface area contributed by atoms with Gasteiger partial charge in [-0.3, -0.25) is 5.41 Å². The molecule has 0 atom stereocenters. The molecule has 80 valence electrons. The Morgan fingerprint density at radius 3 is 2.87 bits per heavy atom. The molecule has 0 aliphatic carbocycles. The molecule has 0 radical (unpaired) electrons. The minimum absolute atomic E-state index is 0.397. The molecular formula is C12H17N3. The van der Waals surface area contributed by atoms with Gasteiger partial charge >= 0.3 is 0 Å². The van der Waals surface area contributed by atoms with Crippen molar-refractivity contribution in [2.75, 3.05) is 7.05 Å². The van der Waals surface area contributed by atoms with Gasteiger partial charge in [0.25, 0.3) is 0 Å². The molecule has 0 bridgehead atoms. The van der Waals surface area contributed by atoms with Crippen LogP contribution < -0.4 is 0 Å². The maximum atomic E-state index is 7.96. The average molecular weight is 203 g/mol. The number of nitrogens with one attached hydrogen (secondary N) is 1. The van der Waals surface area contributed by atoms with Gasteiger partial charge in [-0.25, -0.2) is 0 Å². The van der Waals surface area contributed by atoms with E-state index in [0.29, 0.717) is 11.3 Å². The molecule has 0 saturated carbocycles. The van der Waals surface area contributed by atoms with Crippen LogP contribution in [0.3, 0.4) is 0 Å². The maximum Gasteiger partial charge on any atom is 0.130 e. The molecule has 3 rings (SSSR count). The van der Waals surface area contributed by atoms with Crippen molar-refractivity contribution in [3.63, 3.8) is 0 Å². The number of rotatable bonds is 0. The van der Waals surface area contributed by atoms with Crippen LogP contribution >= 0.6 is 0 Å². The molecule has 2 aliphatic rings. The third-order valence-corrected chi connectivity index (χ3v) is 3.56. The zero-order chi connectivity index (χ0) is 10.8. The van der Waals surface area contributed by atoms with E-state index >= 15 is 0 Å². The van der Waals surface area contributed by atoms with Crippen molar-refractivity contribution in [1.29, 1.82) is 5.41 Å². The van der Waals surface area contributed by atoms with Gasteiger partial charge in [0.15, 0.2) is 0 Å².